The number of anilines is 2. The fraction of sp³-hybridized carbons (Fsp3) is 0.500. The molecule has 1 fully saturated rings. The molecule has 1 heterocycles. The lowest BCUT2D eigenvalue weighted by Crippen LogP contribution is -2.47. The lowest BCUT2D eigenvalue weighted by atomic mass is 9.94. The fourth-order valence-electron chi connectivity index (χ4n) is 2.62. The molecule has 1 aliphatic rings. The Kier molecular flexibility index (Phi) is 3.66. The van der Waals surface area contributed by atoms with Crippen LogP contribution in [-0.2, 0) is 4.74 Å². The maximum absolute atomic E-state index is 11.3. The number of rotatable bonds is 3. The zero-order chi connectivity index (χ0) is 14.0. The standard InChI is InChI=1S/C14H21N3O2/c1-14(19-2)7-4-8-17(9-14)11-6-3-5-10(12(11)15)13(16)18/h3,5-6H,4,7-9,15H2,1-2H3,(H2,16,18). The minimum Gasteiger partial charge on any atom is -0.396 e. The summed E-state index contributed by atoms with van der Waals surface area (Å²) < 4.78 is 5.57. The topological polar surface area (TPSA) is 81.6 Å². The molecule has 1 aromatic carbocycles. The van der Waals surface area contributed by atoms with Gasteiger partial charge < -0.3 is 21.1 Å². The number of piperidine rings is 1. The number of hydrogen-bond donors (Lipinski definition) is 2. The van der Waals surface area contributed by atoms with Gasteiger partial charge in [0, 0.05) is 20.2 Å². The van der Waals surface area contributed by atoms with Crippen LogP contribution in [0.2, 0.25) is 0 Å². The first-order chi connectivity index (χ1) is 8.97. The zero-order valence-electron chi connectivity index (χ0n) is 11.5. The van der Waals surface area contributed by atoms with Gasteiger partial charge in [0.2, 0.25) is 0 Å². The van der Waals surface area contributed by atoms with E-state index in [1.54, 1.807) is 13.2 Å². The van der Waals surface area contributed by atoms with Gasteiger partial charge in [-0.05, 0) is 31.9 Å². The third-order valence-corrected chi connectivity index (χ3v) is 3.84. The van der Waals surface area contributed by atoms with Gasteiger partial charge in [0.25, 0.3) is 5.91 Å². The summed E-state index contributed by atoms with van der Waals surface area (Å²) in [5, 5.41) is 0. The highest BCUT2D eigenvalue weighted by atomic mass is 16.5. The predicted octanol–water partition coefficient (Wildman–Crippen LogP) is 1.37. The SMILES string of the molecule is COC1(C)CCCN(c2cccc(C(N)=O)c2N)C1. The number of primary amides is 1. The number of carbonyl (C=O) groups excluding carboxylic acids is 1. The van der Waals surface area contributed by atoms with Crippen LogP contribution < -0.4 is 16.4 Å². The van der Waals surface area contributed by atoms with E-state index in [1.165, 1.54) is 0 Å². The van der Waals surface area contributed by atoms with Crippen molar-refractivity contribution in [2.24, 2.45) is 5.73 Å². The Morgan fingerprint density at radius 1 is 1.47 bits per heavy atom. The molecule has 4 N–H and O–H groups in total. The fourth-order valence-corrected chi connectivity index (χ4v) is 2.62. The van der Waals surface area contributed by atoms with E-state index in [2.05, 4.69) is 11.8 Å². The molecule has 19 heavy (non-hydrogen) atoms. The molecule has 104 valence electrons. The van der Waals surface area contributed by atoms with Gasteiger partial charge >= 0.3 is 0 Å². The normalized spacial score (nSPS) is 23.4. The Bertz CT molecular complexity index is 490. The van der Waals surface area contributed by atoms with Crippen molar-refractivity contribution in [3.8, 4) is 0 Å². The van der Waals surface area contributed by atoms with Crippen LogP contribution in [0.3, 0.4) is 0 Å². The zero-order valence-corrected chi connectivity index (χ0v) is 11.5. The molecule has 1 amide bonds. The van der Waals surface area contributed by atoms with Gasteiger partial charge in [0.1, 0.15) is 0 Å². The lowest BCUT2D eigenvalue weighted by Gasteiger charge is -2.41. The number of methoxy groups -OCH3 is 1. The summed E-state index contributed by atoms with van der Waals surface area (Å²) in [5.74, 6) is -0.495. The number of ether oxygens (including phenoxy) is 1. The van der Waals surface area contributed by atoms with E-state index in [0.717, 1.165) is 31.6 Å². The second kappa shape index (κ2) is 5.09. The van der Waals surface area contributed by atoms with Crippen molar-refractivity contribution in [3.05, 3.63) is 23.8 Å². The van der Waals surface area contributed by atoms with Crippen molar-refractivity contribution >= 4 is 17.3 Å². The summed E-state index contributed by atoms with van der Waals surface area (Å²) in [6, 6.07) is 5.38. The van der Waals surface area contributed by atoms with Crippen molar-refractivity contribution in [1.82, 2.24) is 0 Å². The van der Waals surface area contributed by atoms with E-state index in [-0.39, 0.29) is 5.60 Å². The second-order valence-electron chi connectivity index (χ2n) is 5.28. The van der Waals surface area contributed by atoms with Gasteiger partial charge in [-0.3, -0.25) is 4.79 Å². The molecule has 1 aromatic rings. The maximum Gasteiger partial charge on any atom is 0.250 e. The van der Waals surface area contributed by atoms with Crippen molar-refractivity contribution in [2.45, 2.75) is 25.4 Å². The monoisotopic (exact) mass is 263 g/mol. The quantitative estimate of drug-likeness (QED) is 0.807. The number of nitrogen functional groups attached to an aromatic ring is 1. The molecule has 1 unspecified atom stereocenters. The number of benzene rings is 1. The molecule has 5 heteroatoms. The Balaban J connectivity index is 2.32. The van der Waals surface area contributed by atoms with Gasteiger partial charge in [-0.15, -0.1) is 0 Å². The third-order valence-electron chi connectivity index (χ3n) is 3.84. The van der Waals surface area contributed by atoms with E-state index in [4.69, 9.17) is 16.2 Å². The third kappa shape index (κ3) is 2.66. The molecular weight excluding hydrogens is 242 g/mol. The predicted molar refractivity (Wildman–Crippen MR) is 76.2 cm³/mol. The van der Waals surface area contributed by atoms with Crippen molar-refractivity contribution in [3.63, 3.8) is 0 Å². The number of amides is 1. The Labute approximate surface area is 113 Å². The highest BCUT2D eigenvalue weighted by Crippen LogP contribution is 2.32. The molecule has 1 atom stereocenters. The van der Waals surface area contributed by atoms with Gasteiger partial charge in [0.15, 0.2) is 0 Å². The molecule has 0 aromatic heterocycles. The number of hydrogen-bond acceptors (Lipinski definition) is 4. The Hall–Kier alpha value is -1.75. The highest BCUT2D eigenvalue weighted by Gasteiger charge is 2.31. The number of nitrogens with two attached hydrogens (primary N) is 2. The summed E-state index contributed by atoms with van der Waals surface area (Å²) in [5.41, 5.74) is 12.9. The average Bonchev–Trinajstić information content (AvgIpc) is 2.38. The molecule has 1 saturated heterocycles. The molecule has 2 rings (SSSR count). The molecule has 0 aliphatic carbocycles. The largest absolute Gasteiger partial charge is 0.396 e. The van der Waals surface area contributed by atoms with E-state index < -0.39 is 5.91 Å². The number of nitrogens with zero attached hydrogens (tertiary/aromatic N) is 1. The van der Waals surface area contributed by atoms with E-state index in [1.807, 2.05) is 12.1 Å². The minimum atomic E-state index is -0.495. The van der Waals surface area contributed by atoms with Crippen LogP contribution in [0.15, 0.2) is 18.2 Å². The Morgan fingerprint density at radius 3 is 2.84 bits per heavy atom. The summed E-state index contributed by atoms with van der Waals surface area (Å²) in [6.07, 6.45) is 2.06. The van der Waals surface area contributed by atoms with E-state index in [9.17, 15) is 4.79 Å². The summed E-state index contributed by atoms with van der Waals surface area (Å²) in [7, 11) is 1.73. The van der Waals surface area contributed by atoms with Crippen LogP contribution in [0.1, 0.15) is 30.1 Å². The lowest BCUT2D eigenvalue weighted by molar-refractivity contribution is -0.00462. The smallest absolute Gasteiger partial charge is 0.250 e. The van der Waals surface area contributed by atoms with Crippen LogP contribution in [0, 0.1) is 0 Å². The first-order valence-corrected chi connectivity index (χ1v) is 6.45. The van der Waals surface area contributed by atoms with E-state index >= 15 is 0 Å². The summed E-state index contributed by atoms with van der Waals surface area (Å²) >= 11 is 0. The summed E-state index contributed by atoms with van der Waals surface area (Å²) in [6.45, 7) is 3.76. The van der Waals surface area contributed by atoms with Gasteiger partial charge in [-0.1, -0.05) is 6.07 Å². The van der Waals surface area contributed by atoms with Gasteiger partial charge in [-0.25, -0.2) is 0 Å². The van der Waals surface area contributed by atoms with Crippen LogP contribution in [0.4, 0.5) is 11.4 Å². The van der Waals surface area contributed by atoms with Crippen LogP contribution in [-0.4, -0.2) is 31.7 Å². The molecular formula is C14H21N3O2. The molecule has 0 spiro atoms. The number of para-hydroxylation sites is 1. The highest BCUT2D eigenvalue weighted by molar-refractivity contribution is 6.00. The Morgan fingerprint density at radius 2 is 2.21 bits per heavy atom. The maximum atomic E-state index is 11.3. The van der Waals surface area contributed by atoms with Gasteiger partial charge in [0.05, 0.1) is 22.5 Å². The molecule has 0 bridgehead atoms. The average molecular weight is 263 g/mol. The van der Waals surface area contributed by atoms with Crippen molar-refractivity contribution < 1.29 is 9.53 Å². The molecule has 0 saturated carbocycles. The second-order valence-corrected chi connectivity index (χ2v) is 5.28. The minimum absolute atomic E-state index is 0.173. The molecule has 5 nitrogen and oxygen atoms in total. The number of carbonyl (C=O) groups is 1. The first kappa shape index (κ1) is 13.7. The molecule has 1 aliphatic heterocycles. The summed E-state index contributed by atoms with van der Waals surface area (Å²) in [4.78, 5) is 13.5. The first-order valence-electron chi connectivity index (χ1n) is 6.45. The van der Waals surface area contributed by atoms with Crippen molar-refractivity contribution in [1.29, 1.82) is 0 Å². The molecule has 0 radical (unpaired) electrons. The van der Waals surface area contributed by atoms with Crippen LogP contribution in [0.25, 0.3) is 0 Å². The van der Waals surface area contributed by atoms with Crippen LogP contribution in [0.5, 0.6) is 0 Å². The van der Waals surface area contributed by atoms with Crippen LogP contribution >= 0.6 is 0 Å². The van der Waals surface area contributed by atoms with E-state index in [0.29, 0.717) is 11.3 Å². The van der Waals surface area contributed by atoms with Gasteiger partial charge in [-0.2, -0.15) is 0 Å². The van der Waals surface area contributed by atoms with Crippen molar-refractivity contribution in [2.75, 3.05) is 30.8 Å².